The summed E-state index contributed by atoms with van der Waals surface area (Å²) in [4.78, 5) is 13.9. The summed E-state index contributed by atoms with van der Waals surface area (Å²) in [5.74, 6) is 0.282. The van der Waals surface area contributed by atoms with E-state index in [-0.39, 0.29) is 17.1 Å². The summed E-state index contributed by atoms with van der Waals surface area (Å²) in [5, 5.41) is 3.69. The van der Waals surface area contributed by atoms with Crippen LogP contribution in [0.1, 0.15) is 58.1 Å². The molecule has 4 nitrogen and oxygen atoms in total. The van der Waals surface area contributed by atoms with E-state index in [0.29, 0.717) is 12.5 Å². The van der Waals surface area contributed by atoms with E-state index in [1.165, 1.54) is 11.1 Å². The molecule has 132 valence electrons. The van der Waals surface area contributed by atoms with Crippen molar-refractivity contribution in [1.29, 1.82) is 0 Å². The summed E-state index contributed by atoms with van der Waals surface area (Å²) in [5.41, 5.74) is 2.28. The van der Waals surface area contributed by atoms with Gasteiger partial charge in [-0.3, -0.25) is 4.79 Å². The highest BCUT2D eigenvalue weighted by molar-refractivity contribution is 5.78. The van der Waals surface area contributed by atoms with E-state index >= 15 is 0 Å². The minimum absolute atomic E-state index is 0.0807. The zero-order valence-electron chi connectivity index (χ0n) is 15.4. The maximum absolute atomic E-state index is 11.9. The molecule has 1 N–H and O–H groups in total. The SMILES string of the molecule is CC1(C)C[C@H](NCc2ccccc2CN2CCCC2=O)C(C)(C)O1. The predicted octanol–water partition coefficient (Wildman–Crippen LogP) is 3.24. The Bertz CT molecular complexity index is 609. The molecule has 4 heteroatoms. The van der Waals surface area contributed by atoms with E-state index in [9.17, 15) is 4.79 Å². The van der Waals surface area contributed by atoms with Gasteiger partial charge in [-0.05, 0) is 51.7 Å². The molecule has 2 saturated heterocycles. The fourth-order valence-electron chi connectivity index (χ4n) is 4.07. The van der Waals surface area contributed by atoms with Crippen molar-refractivity contribution in [3.05, 3.63) is 35.4 Å². The van der Waals surface area contributed by atoms with Crippen LogP contribution in [0, 0.1) is 0 Å². The van der Waals surface area contributed by atoms with Gasteiger partial charge in [-0.15, -0.1) is 0 Å². The number of ether oxygens (including phenoxy) is 1. The van der Waals surface area contributed by atoms with Crippen molar-refractivity contribution in [2.75, 3.05) is 6.54 Å². The van der Waals surface area contributed by atoms with Crippen LogP contribution in [-0.2, 0) is 22.6 Å². The topological polar surface area (TPSA) is 41.6 Å². The smallest absolute Gasteiger partial charge is 0.222 e. The number of rotatable bonds is 5. The van der Waals surface area contributed by atoms with Gasteiger partial charge in [0.15, 0.2) is 0 Å². The Kier molecular flexibility index (Phi) is 4.71. The van der Waals surface area contributed by atoms with Crippen LogP contribution in [0.25, 0.3) is 0 Å². The van der Waals surface area contributed by atoms with Crippen LogP contribution in [0.15, 0.2) is 24.3 Å². The van der Waals surface area contributed by atoms with E-state index < -0.39 is 0 Å². The molecule has 1 atom stereocenters. The second kappa shape index (κ2) is 6.49. The highest BCUT2D eigenvalue weighted by Crippen LogP contribution is 2.37. The van der Waals surface area contributed by atoms with Crippen LogP contribution in [0.4, 0.5) is 0 Å². The molecule has 0 unspecified atom stereocenters. The average molecular weight is 330 g/mol. The molecular formula is C20H30N2O2. The molecule has 0 radical (unpaired) electrons. The molecule has 2 aliphatic rings. The molecule has 0 bridgehead atoms. The number of carbonyl (C=O) groups is 1. The number of nitrogens with zero attached hydrogens (tertiary/aromatic N) is 1. The first-order valence-corrected chi connectivity index (χ1v) is 9.05. The summed E-state index contributed by atoms with van der Waals surface area (Å²) in [6.45, 7) is 11.1. The van der Waals surface area contributed by atoms with E-state index in [4.69, 9.17) is 4.74 Å². The molecule has 0 spiro atoms. The van der Waals surface area contributed by atoms with Gasteiger partial charge in [-0.2, -0.15) is 0 Å². The molecule has 24 heavy (non-hydrogen) atoms. The highest BCUT2D eigenvalue weighted by Gasteiger charge is 2.45. The maximum Gasteiger partial charge on any atom is 0.222 e. The van der Waals surface area contributed by atoms with Crippen molar-refractivity contribution in [2.24, 2.45) is 0 Å². The first-order valence-electron chi connectivity index (χ1n) is 9.05. The number of hydrogen-bond acceptors (Lipinski definition) is 3. The van der Waals surface area contributed by atoms with Gasteiger partial charge >= 0.3 is 0 Å². The predicted molar refractivity (Wildman–Crippen MR) is 95.6 cm³/mol. The van der Waals surface area contributed by atoms with Gasteiger partial charge in [0.05, 0.1) is 11.2 Å². The third-order valence-electron chi connectivity index (χ3n) is 5.26. The van der Waals surface area contributed by atoms with Gasteiger partial charge in [-0.25, -0.2) is 0 Å². The third-order valence-corrected chi connectivity index (χ3v) is 5.26. The molecule has 0 aliphatic carbocycles. The van der Waals surface area contributed by atoms with Gasteiger partial charge < -0.3 is 15.0 Å². The first-order chi connectivity index (χ1) is 11.3. The van der Waals surface area contributed by atoms with E-state index in [1.807, 2.05) is 4.90 Å². The zero-order valence-corrected chi connectivity index (χ0v) is 15.4. The minimum atomic E-state index is -0.163. The Hall–Kier alpha value is -1.39. The number of nitrogens with one attached hydrogen (secondary N) is 1. The third kappa shape index (κ3) is 3.81. The van der Waals surface area contributed by atoms with Gasteiger partial charge in [0.2, 0.25) is 5.91 Å². The number of carbonyl (C=O) groups excluding carboxylic acids is 1. The second-order valence-corrected chi connectivity index (χ2v) is 8.29. The number of benzene rings is 1. The Morgan fingerprint density at radius 2 is 1.92 bits per heavy atom. The zero-order chi connectivity index (χ0) is 17.4. The molecule has 3 rings (SSSR count). The first kappa shape index (κ1) is 17.4. The largest absolute Gasteiger partial charge is 0.368 e. The Morgan fingerprint density at radius 3 is 2.50 bits per heavy atom. The van der Waals surface area contributed by atoms with Gasteiger partial charge in [0, 0.05) is 32.1 Å². The van der Waals surface area contributed by atoms with Crippen molar-refractivity contribution in [1.82, 2.24) is 10.2 Å². The van der Waals surface area contributed by atoms with E-state index in [2.05, 4.69) is 57.3 Å². The molecule has 2 fully saturated rings. The highest BCUT2D eigenvalue weighted by atomic mass is 16.5. The number of hydrogen-bond donors (Lipinski definition) is 1. The summed E-state index contributed by atoms with van der Waals surface area (Å²) in [6.07, 6.45) is 2.69. The van der Waals surface area contributed by atoms with Crippen molar-refractivity contribution in [3.8, 4) is 0 Å². The Balaban J connectivity index is 1.66. The van der Waals surface area contributed by atoms with Gasteiger partial charge in [0.1, 0.15) is 0 Å². The fraction of sp³-hybridized carbons (Fsp3) is 0.650. The summed E-state index contributed by atoms with van der Waals surface area (Å²) >= 11 is 0. The van der Waals surface area contributed by atoms with Crippen LogP contribution in [0.5, 0.6) is 0 Å². The summed E-state index contributed by atoms with van der Waals surface area (Å²) in [7, 11) is 0. The van der Waals surface area contributed by atoms with Crippen LogP contribution in [-0.4, -0.2) is 34.6 Å². The van der Waals surface area contributed by atoms with Crippen LogP contribution in [0.3, 0.4) is 0 Å². The molecule has 0 saturated carbocycles. The van der Waals surface area contributed by atoms with Crippen molar-refractivity contribution >= 4 is 5.91 Å². The van der Waals surface area contributed by atoms with Gasteiger partial charge in [0.25, 0.3) is 0 Å². The standard InChI is InChI=1S/C20H30N2O2/c1-19(2)12-17(20(3,4)24-19)21-13-15-8-5-6-9-16(15)14-22-11-7-10-18(22)23/h5-6,8-9,17,21H,7,10-14H2,1-4H3/t17-/m0/s1. The normalized spacial score (nSPS) is 25.4. The average Bonchev–Trinajstić information content (AvgIpc) is 2.97. The Morgan fingerprint density at radius 1 is 1.21 bits per heavy atom. The van der Waals surface area contributed by atoms with Crippen LogP contribution in [0.2, 0.25) is 0 Å². The molecular weight excluding hydrogens is 300 g/mol. The van der Waals surface area contributed by atoms with Gasteiger partial charge in [-0.1, -0.05) is 24.3 Å². The minimum Gasteiger partial charge on any atom is -0.368 e. The van der Waals surface area contributed by atoms with E-state index in [0.717, 1.165) is 32.5 Å². The summed E-state index contributed by atoms with van der Waals surface area (Å²) < 4.78 is 6.17. The molecule has 1 amide bonds. The summed E-state index contributed by atoms with van der Waals surface area (Å²) in [6, 6.07) is 8.77. The lowest BCUT2D eigenvalue weighted by atomic mass is 9.94. The quantitative estimate of drug-likeness (QED) is 0.901. The van der Waals surface area contributed by atoms with Crippen LogP contribution >= 0.6 is 0 Å². The molecule has 2 aliphatic heterocycles. The lowest BCUT2D eigenvalue weighted by molar-refractivity contribution is -0.128. The monoisotopic (exact) mass is 330 g/mol. The molecule has 0 aromatic heterocycles. The maximum atomic E-state index is 11.9. The lowest BCUT2D eigenvalue weighted by Gasteiger charge is -2.28. The van der Waals surface area contributed by atoms with Crippen molar-refractivity contribution in [2.45, 2.75) is 77.3 Å². The number of amides is 1. The number of likely N-dealkylation sites (tertiary alicyclic amines) is 1. The molecule has 1 aromatic rings. The lowest BCUT2D eigenvalue weighted by Crippen LogP contribution is -2.43. The molecule has 2 heterocycles. The van der Waals surface area contributed by atoms with Crippen LogP contribution < -0.4 is 5.32 Å². The fourth-order valence-corrected chi connectivity index (χ4v) is 4.07. The van der Waals surface area contributed by atoms with Crippen molar-refractivity contribution in [3.63, 3.8) is 0 Å². The second-order valence-electron chi connectivity index (χ2n) is 8.29. The van der Waals surface area contributed by atoms with E-state index in [1.54, 1.807) is 0 Å². The molecule has 1 aromatic carbocycles. The van der Waals surface area contributed by atoms with Crippen molar-refractivity contribution < 1.29 is 9.53 Å². The Labute approximate surface area is 145 Å².